The van der Waals surface area contributed by atoms with E-state index in [1.54, 1.807) is 6.08 Å². The summed E-state index contributed by atoms with van der Waals surface area (Å²) in [5.74, 6) is 0. The molecule has 17 heavy (non-hydrogen) atoms. The van der Waals surface area contributed by atoms with Crippen molar-refractivity contribution in [1.29, 1.82) is 5.26 Å². The lowest BCUT2D eigenvalue weighted by atomic mass is 10.2. The van der Waals surface area contributed by atoms with Gasteiger partial charge in [0.05, 0.1) is 0 Å². The average molecular weight is 230 g/mol. The van der Waals surface area contributed by atoms with Gasteiger partial charge in [-0.2, -0.15) is 5.26 Å². The van der Waals surface area contributed by atoms with Gasteiger partial charge in [-0.15, -0.1) is 6.58 Å². The van der Waals surface area contributed by atoms with Gasteiger partial charge in [0, 0.05) is 13.0 Å². The number of rotatable bonds is 5. The first-order valence-electron chi connectivity index (χ1n) is 5.25. The highest BCUT2D eigenvalue weighted by Gasteiger charge is 2.11. The van der Waals surface area contributed by atoms with Crippen LogP contribution in [0.5, 0.6) is 0 Å². The van der Waals surface area contributed by atoms with Crippen molar-refractivity contribution in [1.82, 2.24) is 5.32 Å². The SMILES string of the molecule is C=CCC(C#N)OC(=O)NCc1ccccc1. The fourth-order valence-electron chi connectivity index (χ4n) is 1.22. The van der Waals surface area contributed by atoms with Gasteiger partial charge in [0.1, 0.15) is 6.07 Å². The first-order valence-corrected chi connectivity index (χ1v) is 5.25. The maximum Gasteiger partial charge on any atom is 0.408 e. The molecule has 0 spiro atoms. The van der Waals surface area contributed by atoms with E-state index in [9.17, 15) is 4.79 Å². The Morgan fingerprint density at radius 1 is 1.53 bits per heavy atom. The molecule has 4 heteroatoms. The molecule has 1 aromatic carbocycles. The monoisotopic (exact) mass is 230 g/mol. The highest BCUT2D eigenvalue weighted by atomic mass is 16.6. The summed E-state index contributed by atoms with van der Waals surface area (Å²) in [5.41, 5.74) is 0.974. The van der Waals surface area contributed by atoms with E-state index < -0.39 is 12.2 Å². The summed E-state index contributed by atoms with van der Waals surface area (Å²) in [4.78, 5) is 11.3. The number of nitrogens with zero attached hydrogens (tertiary/aromatic N) is 1. The van der Waals surface area contributed by atoms with E-state index in [0.717, 1.165) is 5.56 Å². The zero-order chi connectivity index (χ0) is 12.5. The van der Waals surface area contributed by atoms with Crippen LogP contribution in [0.2, 0.25) is 0 Å². The highest BCUT2D eigenvalue weighted by molar-refractivity contribution is 5.67. The number of nitriles is 1. The van der Waals surface area contributed by atoms with Crippen molar-refractivity contribution in [3.8, 4) is 6.07 Å². The van der Waals surface area contributed by atoms with Crippen molar-refractivity contribution in [2.45, 2.75) is 19.1 Å². The second-order valence-corrected chi connectivity index (χ2v) is 3.39. The van der Waals surface area contributed by atoms with Crippen molar-refractivity contribution in [2.24, 2.45) is 0 Å². The molecule has 0 saturated carbocycles. The maximum absolute atomic E-state index is 11.3. The van der Waals surface area contributed by atoms with Gasteiger partial charge in [0.25, 0.3) is 0 Å². The van der Waals surface area contributed by atoms with Crippen molar-refractivity contribution in [3.63, 3.8) is 0 Å². The molecule has 0 bridgehead atoms. The minimum atomic E-state index is -0.775. The van der Waals surface area contributed by atoms with Crippen LogP contribution in [0.25, 0.3) is 0 Å². The predicted octanol–water partition coefficient (Wildman–Crippen LogP) is 2.38. The van der Waals surface area contributed by atoms with Gasteiger partial charge >= 0.3 is 6.09 Å². The maximum atomic E-state index is 11.3. The van der Waals surface area contributed by atoms with Crippen LogP contribution in [0, 0.1) is 11.3 Å². The topological polar surface area (TPSA) is 62.1 Å². The number of ether oxygens (including phenoxy) is 1. The average Bonchev–Trinajstić information content (AvgIpc) is 2.37. The Morgan fingerprint density at radius 2 is 2.24 bits per heavy atom. The Kier molecular flexibility index (Phi) is 5.32. The molecule has 0 radical (unpaired) electrons. The number of carbonyl (C=O) groups is 1. The summed E-state index contributed by atoms with van der Waals surface area (Å²) >= 11 is 0. The number of carbonyl (C=O) groups excluding carboxylic acids is 1. The normalized spacial score (nSPS) is 11.0. The molecule has 1 aromatic rings. The first-order chi connectivity index (χ1) is 8.26. The zero-order valence-electron chi connectivity index (χ0n) is 9.43. The quantitative estimate of drug-likeness (QED) is 0.790. The van der Waals surface area contributed by atoms with Crippen LogP contribution in [-0.4, -0.2) is 12.2 Å². The molecule has 0 saturated heterocycles. The number of hydrogen-bond donors (Lipinski definition) is 1. The van der Waals surface area contributed by atoms with Crippen molar-refractivity contribution in [2.75, 3.05) is 0 Å². The van der Waals surface area contributed by atoms with Crippen LogP contribution in [0.3, 0.4) is 0 Å². The number of amides is 1. The van der Waals surface area contributed by atoms with Crippen molar-refractivity contribution in [3.05, 3.63) is 48.6 Å². The van der Waals surface area contributed by atoms with Crippen LogP contribution in [0.1, 0.15) is 12.0 Å². The second kappa shape index (κ2) is 7.07. The van der Waals surface area contributed by atoms with E-state index in [0.29, 0.717) is 13.0 Å². The van der Waals surface area contributed by atoms with E-state index in [4.69, 9.17) is 10.00 Å². The zero-order valence-corrected chi connectivity index (χ0v) is 9.43. The molecule has 88 valence electrons. The molecular weight excluding hydrogens is 216 g/mol. The van der Waals surface area contributed by atoms with Gasteiger partial charge in [-0.1, -0.05) is 36.4 Å². The van der Waals surface area contributed by atoms with Crippen LogP contribution < -0.4 is 5.32 Å². The molecule has 0 aliphatic rings. The molecule has 1 N–H and O–H groups in total. The summed E-state index contributed by atoms with van der Waals surface area (Å²) in [6.45, 7) is 3.87. The third-order valence-electron chi connectivity index (χ3n) is 2.05. The Bertz CT molecular complexity index is 409. The van der Waals surface area contributed by atoms with E-state index in [2.05, 4.69) is 11.9 Å². The second-order valence-electron chi connectivity index (χ2n) is 3.39. The Balaban J connectivity index is 2.35. The fraction of sp³-hybridized carbons (Fsp3) is 0.231. The smallest absolute Gasteiger partial charge is 0.408 e. The van der Waals surface area contributed by atoms with Gasteiger partial charge in [-0.25, -0.2) is 4.79 Å². The van der Waals surface area contributed by atoms with Crippen LogP contribution in [-0.2, 0) is 11.3 Å². The van der Waals surface area contributed by atoms with Gasteiger partial charge < -0.3 is 10.1 Å². The largest absolute Gasteiger partial charge is 0.430 e. The lowest BCUT2D eigenvalue weighted by molar-refractivity contribution is 0.123. The molecule has 1 rings (SSSR count). The molecular formula is C13H14N2O2. The third kappa shape index (κ3) is 4.85. The highest BCUT2D eigenvalue weighted by Crippen LogP contribution is 2.00. The summed E-state index contributed by atoms with van der Waals surface area (Å²) in [6.07, 6.45) is 0.499. The lowest BCUT2D eigenvalue weighted by Crippen LogP contribution is -2.27. The standard InChI is InChI=1S/C13H14N2O2/c1-2-6-12(9-14)17-13(16)15-10-11-7-4-3-5-8-11/h2-5,7-8,12H,1,6,10H2,(H,15,16). The summed E-state index contributed by atoms with van der Waals surface area (Å²) in [6, 6.07) is 11.3. The Morgan fingerprint density at radius 3 is 2.82 bits per heavy atom. The predicted molar refractivity (Wildman–Crippen MR) is 64.0 cm³/mol. The van der Waals surface area contributed by atoms with Crippen LogP contribution in [0.4, 0.5) is 4.79 Å². The van der Waals surface area contributed by atoms with Crippen molar-refractivity contribution < 1.29 is 9.53 Å². The summed E-state index contributed by atoms with van der Waals surface area (Å²) < 4.78 is 4.88. The van der Waals surface area contributed by atoms with Crippen LogP contribution >= 0.6 is 0 Å². The molecule has 1 unspecified atom stereocenters. The van der Waals surface area contributed by atoms with Gasteiger partial charge in [0.2, 0.25) is 0 Å². The molecule has 0 aliphatic carbocycles. The molecule has 1 amide bonds. The first kappa shape index (κ1) is 12.8. The van der Waals surface area contributed by atoms with Gasteiger partial charge in [0.15, 0.2) is 6.10 Å². The van der Waals surface area contributed by atoms with E-state index in [1.807, 2.05) is 36.4 Å². The number of nitrogens with one attached hydrogen (secondary N) is 1. The fourth-order valence-corrected chi connectivity index (χ4v) is 1.22. The third-order valence-corrected chi connectivity index (χ3v) is 2.05. The molecule has 0 aromatic heterocycles. The number of hydrogen-bond acceptors (Lipinski definition) is 3. The molecule has 0 heterocycles. The molecule has 0 fully saturated rings. The summed E-state index contributed by atoms with van der Waals surface area (Å²) in [7, 11) is 0. The van der Waals surface area contributed by atoms with E-state index in [-0.39, 0.29) is 0 Å². The molecule has 0 aliphatic heterocycles. The van der Waals surface area contributed by atoms with Gasteiger partial charge in [-0.05, 0) is 5.56 Å². The van der Waals surface area contributed by atoms with E-state index in [1.165, 1.54) is 0 Å². The minimum Gasteiger partial charge on any atom is -0.430 e. The Labute approximate surface area is 101 Å². The van der Waals surface area contributed by atoms with Crippen LogP contribution in [0.15, 0.2) is 43.0 Å². The number of benzene rings is 1. The van der Waals surface area contributed by atoms with E-state index >= 15 is 0 Å². The summed E-state index contributed by atoms with van der Waals surface area (Å²) in [5, 5.41) is 11.3. The molecule has 4 nitrogen and oxygen atoms in total. The lowest BCUT2D eigenvalue weighted by Gasteiger charge is -2.10. The van der Waals surface area contributed by atoms with Gasteiger partial charge in [-0.3, -0.25) is 0 Å². The minimum absolute atomic E-state index is 0.329. The Hall–Kier alpha value is -2.28. The molecule has 1 atom stereocenters. The van der Waals surface area contributed by atoms with Crippen molar-refractivity contribution >= 4 is 6.09 Å². The number of alkyl carbamates (subject to hydrolysis) is 1.